The standard InChI is InChI=1S/C17H16F4N2O2S/c18-13-6-14(19)16(21)17(15(13)20)26(24,25)23-8-11(7-22)12(9-23)10-4-2-1-3-5-10/h1-6,11-12H,7-9,22H2/t11-,12+/m1/s1. The Morgan fingerprint density at radius 2 is 1.58 bits per heavy atom. The third kappa shape index (κ3) is 3.10. The fourth-order valence-electron chi connectivity index (χ4n) is 3.25. The summed E-state index contributed by atoms with van der Waals surface area (Å²) in [5.41, 5.74) is 6.55. The lowest BCUT2D eigenvalue weighted by Crippen LogP contribution is -2.31. The maximum Gasteiger partial charge on any atom is 0.249 e. The summed E-state index contributed by atoms with van der Waals surface area (Å²) in [6.07, 6.45) is 0. The smallest absolute Gasteiger partial charge is 0.249 e. The highest BCUT2D eigenvalue weighted by molar-refractivity contribution is 7.89. The number of benzene rings is 2. The normalized spacial score (nSPS) is 21.3. The highest BCUT2D eigenvalue weighted by Crippen LogP contribution is 2.36. The highest BCUT2D eigenvalue weighted by atomic mass is 32.2. The number of hydrogen-bond donors (Lipinski definition) is 1. The van der Waals surface area contributed by atoms with Crippen LogP contribution in [0.1, 0.15) is 11.5 Å². The average Bonchev–Trinajstić information content (AvgIpc) is 3.06. The Bertz CT molecular complexity index is 896. The summed E-state index contributed by atoms with van der Waals surface area (Å²) in [6, 6.07) is 8.93. The molecule has 9 heteroatoms. The van der Waals surface area contributed by atoms with Gasteiger partial charge in [0.05, 0.1) is 0 Å². The van der Waals surface area contributed by atoms with Gasteiger partial charge in [0, 0.05) is 25.1 Å². The van der Waals surface area contributed by atoms with Gasteiger partial charge >= 0.3 is 0 Å². The molecule has 2 aromatic rings. The number of hydrogen-bond acceptors (Lipinski definition) is 3. The van der Waals surface area contributed by atoms with Crippen LogP contribution >= 0.6 is 0 Å². The van der Waals surface area contributed by atoms with Crippen LogP contribution in [0.3, 0.4) is 0 Å². The van der Waals surface area contributed by atoms with Gasteiger partial charge in [-0.15, -0.1) is 0 Å². The zero-order valence-electron chi connectivity index (χ0n) is 13.5. The maximum absolute atomic E-state index is 14.0. The van der Waals surface area contributed by atoms with Crippen molar-refractivity contribution < 1.29 is 26.0 Å². The molecule has 0 bridgehead atoms. The van der Waals surface area contributed by atoms with Crippen LogP contribution in [0.5, 0.6) is 0 Å². The summed E-state index contributed by atoms with van der Waals surface area (Å²) >= 11 is 0. The van der Waals surface area contributed by atoms with E-state index in [0.29, 0.717) is 0 Å². The first-order valence-corrected chi connectivity index (χ1v) is 9.29. The van der Waals surface area contributed by atoms with E-state index < -0.39 is 38.2 Å². The third-order valence-corrected chi connectivity index (χ3v) is 6.46. The lowest BCUT2D eigenvalue weighted by atomic mass is 9.89. The number of rotatable bonds is 4. The summed E-state index contributed by atoms with van der Waals surface area (Å²) in [5, 5.41) is 0. The van der Waals surface area contributed by atoms with E-state index in [0.717, 1.165) is 9.87 Å². The average molecular weight is 388 g/mol. The SMILES string of the molecule is NC[C@@H]1CN(S(=O)(=O)c2c(F)c(F)cc(F)c2F)C[C@H]1c1ccccc1. The van der Waals surface area contributed by atoms with Crippen LogP contribution in [0.25, 0.3) is 0 Å². The van der Waals surface area contributed by atoms with E-state index in [9.17, 15) is 26.0 Å². The molecule has 0 aliphatic carbocycles. The van der Waals surface area contributed by atoms with Gasteiger partial charge in [-0.25, -0.2) is 26.0 Å². The lowest BCUT2D eigenvalue weighted by molar-refractivity contribution is 0.402. The topological polar surface area (TPSA) is 63.4 Å². The molecule has 0 amide bonds. The number of nitrogens with two attached hydrogens (primary N) is 1. The van der Waals surface area contributed by atoms with Crippen molar-refractivity contribution in [3.05, 3.63) is 65.2 Å². The van der Waals surface area contributed by atoms with E-state index >= 15 is 0 Å². The third-order valence-electron chi connectivity index (χ3n) is 4.61. The molecule has 0 radical (unpaired) electrons. The van der Waals surface area contributed by atoms with Gasteiger partial charge in [-0.1, -0.05) is 30.3 Å². The predicted octanol–water partition coefficient (Wildman–Crippen LogP) is 2.61. The van der Waals surface area contributed by atoms with E-state index in [4.69, 9.17) is 5.73 Å². The monoisotopic (exact) mass is 388 g/mol. The van der Waals surface area contributed by atoms with Crippen LogP contribution in [-0.2, 0) is 10.0 Å². The van der Waals surface area contributed by atoms with Gasteiger partial charge in [-0.3, -0.25) is 0 Å². The Hall–Kier alpha value is -1.97. The number of nitrogens with zero attached hydrogens (tertiary/aromatic N) is 1. The van der Waals surface area contributed by atoms with Gasteiger partial charge in [-0.05, 0) is 18.0 Å². The number of sulfonamides is 1. The summed E-state index contributed by atoms with van der Waals surface area (Å²) in [7, 11) is -4.78. The van der Waals surface area contributed by atoms with Crippen LogP contribution in [0.15, 0.2) is 41.3 Å². The van der Waals surface area contributed by atoms with Crippen LogP contribution < -0.4 is 5.73 Å². The highest BCUT2D eigenvalue weighted by Gasteiger charge is 2.42. The van der Waals surface area contributed by atoms with Gasteiger partial charge < -0.3 is 5.73 Å². The minimum Gasteiger partial charge on any atom is -0.330 e. The first kappa shape index (κ1) is 18.8. The summed E-state index contributed by atoms with van der Waals surface area (Å²) in [6.45, 7) is -0.0469. The van der Waals surface area contributed by atoms with Gasteiger partial charge in [0.15, 0.2) is 28.2 Å². The van der Waals surface area contributed by atoms with E-state index in [1.165, 1.54) is 0 Å². The maximum atomic E-state index is 14.0. The van der Waals surface area contributed by atoms with Crippen molar-refractivity contribution in [3.8, 4) is 0 Å². The first-order valence-electron chi connectivity index (χ1n) is 7.85. The Balaban J connectivity index is 2.02. The first-order chi connectivity index (χ1) is 12.3. The van der Waals surface area contributed by atoms with Crippen LogP contribution in [0.2, 0.25) is 0 Å². The molecule has 0 aromatic heterocycles. The van der Waals surface area contributed by atoms with Crippen molar-refractivity contribution in [3.63, 3.8) is 0 Å². The van der Waals surface area contributed by atoms with E-state index in [1.807, 2.05) is 0 Å². The fourth-order valence-corrected chi connectivity index (χ4v) is 4.90. The fraction of sp³-hybridized carbons (Fsp3) is 0.294. The largest absolute Gasteiger partial charge is 0.330 e. The molecule has 1 heterocycles. The number of halogens is 4. The van der Waals surface area contributed by atoms with Crippen molar-refractivity contribution in [2.24, 2.45) is 11.7 Å². The zero-order chi connectivity index (χ0) is 19.1. The van der Waals surface area contributed by atoms with Gasteiger partial charge in [0.1, 0.15) is 0 Å². The van der Waals surface area contributed by atoms with Gasteiger partial charge in [-0.2, -0.15) is 4.31 Å². The molecule has 1 aliphatic rings. The summed E-state index contributed by atoms with van der Waals surface area (Å²) < 4.78 is 81.0. The minimum atomic E-state index is -4.78. The van der Waals surface area contributed by atoms with Gasteiger partial charge in [0.25, 0.3) is 0 Å². The Kier molecular flexibility index (Phi) is 5.05. The molecule has 4 nitrogen and oxygen atoms in total. The molecule has 0 saturated carbocycles. The molecule has 1 fully saturated rings. The summed E-state index contributed by atoms with van der Waals surface area (Å²) in [5.74, 6) is -7.99. The molecule has 2 N–H and O–H groups in total. The molecule has 1 saturated heterocycles. The second-order valence-electron chi connectivity index (χ2n) is 6.13. The Labute approximate surface area is 148 Å². The molecular formula is C17H16F4N2O2S. The van der Waals surface area contributed by atoms with Crippen LogP contribution in [-0.4, -0.2) is 32.4 Å². The molecule has 0 spiro atoms. The minimum absolute atomic E-state index is 0.0247. The predicted molar refractivity (Wildman–Crippen MR) is 86.8 cm³/mol. The lowest BCUT2D eigenvalue weighted by Gasteiger charge is -2.18. The van der Waals surface area contributed by atoms with Crippen LogP contribution in [0, 0.1) is 29.2 Å². The molecule has 0 unspecified atom stereocenters. The molecule has 26 heavy (non-hydrogen) atoms. The van der Waals surface area contributed by atoms with Crippen molar-refractivity contribution in [2.75, 3.05) is 19.6 Å². The van der Waals surface area contributed by atoms with Crippen molar-refractivity contribution >= 4 is 10.0 Å². The van der Waals surface area contributed by atoms with Crippen molar-refractivity contribution in [1.29, 1.82) is 0 Å². The Morgan fingerprint density at radius 1 is 1.00 bits per heavy atom. The molecule has 3 rings (SSSR count). The van der Waals surface area contributed by atoms with E-state index in [1.54, 1.807) is 30.3 Å². The van der Waals surface area contributed by atoms with E-state index in [-0.39, 0.29) is 37.5 Å². The van der Waals surface area contributed by atoms with Crippen molar-refractivity contribution in [1.82, 2.24) is 4.31 Å². The molecule has 2 atom stereocenters. The molecular weight excluding hydrogens is 372 g/mol. The summed E-state index contributed by atoms with van der Waals surface area (Å²) in [4.78, 5) is -1.61. The van der Waals surface area contributed by atoms with Crippen LogP contribution in [0.4, 0.5) is 17.6 Å². The molecule has 1 aliphatic heterocycles. The van der Waals surface area contributed by atoms with Crippen molar-refractivity contribution in [2.45, 2.75) is 10.8 Å². The molecule has 140 valence electrons. The molecule has 2 aromatic carbocycles. The second-order valence-corrected chi connectivity index (χ2v) is 8.01. The Morgan fingerprint density at radius 3 is 2.12 bits per heavy atom. The van der Waals surface area contributed by atoms with Gasteiger partial charge in [0.2, 0.25) is 10.0 Å². The second kappa shape index (κ2) is 6.98. The quantitative estimate of drug-likeness (QED) is 0.647. The zero-order valence-corrected chi connectivity index (χ0v) is 14.3. The van der Waals surface area contributed by atoms with E-state index in [2.05, 4.69) is 0 Å².